The number of benzene rings is 1. The molecule has 3 aromatic rings. The first-order valence-corrected chi connectivity index (χ1v) is 6.94. The maximum absolute atomic E-state index is 5.32. The molecule has 0 saturated carbocycles. The predicted molar refractivity (Wildman–Crippen MR) is 77.7 cm³/mol. The van der Waals surface area contributed by atoms with E-state index in [2.05, 4.69) is 39.6 Å². The van der Waals surface area contributed by atoms with Crippen molar-refractivity contribution in [2.75, 3.05) is 7.11 Å². The van der Waals surface area contributed by atoms with Gasteiger partial charge in [0.25, 0.3) is 0 Å². The van der Waals surface area contributed by atoms with E-state index < -0.39 is 0 Å². The smallest absolute Gasteiger partial charge is 0.119 e. The largest absolute Gasteiger partial charge is 0.497 e. The number of thiophene rings is 1. The number of H-pyrrole nitrogens is 1. The molecular formula is C15H14N2OS. The Balaban J connectivity index is 2.03. The summed E-state index contributed by atoms with van der Waals surface area (Å²) in [6.07, 6.45) is 4.40. The molecular weight excluding hydrogens is 256 g/mol. The number of nitrogens with one attached hydrogen (secondary N) is 1. The van der Waals surface area contributed by atoms with Gasteiger partial charge in [0.15, 0.2) is 0 Å². The molecule has 2 aromatic heterocycles. The van der Waals surface area contributed by atoms with E-state index in [1.54, 1.807) is 24.6 Å². The zero-order valence-electron chi connectivity index (χ0n) is 10.6. The second kappa shape index (κ2) is 5.28. The standard InChI is InChI=1S/C15H14N2OS/c1-18-12-4-5-13(14-3-2-8-19-14)11(9-12)10-15-16-6-7-17-15/h2-9H,10H2,1H3,(H,16,17). The second-order valence-corrected chi connectivity index (χ2v) is 5.16. The molecule has 3 rings (SSSR count). The lowest BCUT2D eigenvalue weighted by Gasteiger charge is -2.09. The van der Waals surface area contributed by atoms with E-state index >= 15 is 0 Å². The van der Waals surface area contributed by atoms with Gasteiger partial charge in [-0.15, -0.1) is 11.3 Å². The summed E-state index contributed by atoms with van der Waals surface area (Å²) < 4.78 is 5.32. The Morgan fingerprint density at radius 2 is 2.26 bits per heavy atom. The summed E-state index contributed by atoms with van der Waals surface area (Å²) in [6, 6.07) is 10.4. The fourth-order valence-corrected chi connectivity index (χ4v) is 2.88. The molecule has 0 aliphatic heterocycles. The third kappa shape index (κ3) is 2.53. The highest BCUT2D eigenvalue weighted by Gasteiger charge is 2.09. The normalized spacial score (nSPS) is 10.6. The van der Waals surface area contributed by atoms with Gasteiger partial charge in [0.1, 0.15) is 11.6 Å². The molecule has 3 nitrogen and oxygen atoms in total. The number of aromatic amines is 1. The molecule has 0 bridgehead atoms. The van der Waals surface area contributed by atoms with Gasteiger partial charge in [-0.3, -0.25) is 0 Å². The van der Waals surface area contributed by atoms with Crippen LogP contribution in [0.3, 0.4) is 0 Å². The molecule has 1 N–H and O–H groups in total. The van der Waals surface area contributed by atoms with Gasteiger partial charge in [0, 0.05) is 23.7 Å². The van der Waals surface area contributed by atoms with Crippen molar-refractivity contribution in [3.8, 4) is 16.2 Å². The van der Waals surface area contributed by atoms with Crippen molar-refractivity contribution in [3.63, 3.8) is 0 Å². The first-order valence-electron chi connectivity index (χ1n) is 6.06. The van der Waals surface area contributed by atoms with Crippen molar-refractivity contribution in [2.45, 2.75) is 6.42 Å². The van der Waals surface area contributed by atoms with Crippen LogP contribution in [0.2, 0.25) is 0 Å². The Kier molecular flexibility index (Phi) is 3.33. The Bertz CT molecular complexity index is 645. The minimum Gasteiger partial charge on any atom is -0.497 e. The van der Waals surface area contributed by atoms with E-state index in [1.807, 2.05) is 12.3 Å². The van der Waals surface area contributed by atoms with Crippen LogP contribution >= 0.6 is 11.3 Å². The van der Waals surface area contributed by atoms with Crippen molar-refractivity contribution in [1.82, 2.24) is 9.97 Å². The fourth-order valence-electron chi connectivity index (χ4n) is 2.09. The lowest BCUT2D eigenvalue weighted by atomic mass is 10.0. The zero-order chi connectivity index (χ0) is 13.1. The SMILES string of the molecule is COc1ccc(-c2cccs2)c(Cc2ncc[nH]2)c1. The predicted octanol–water partition coefficient (Wildman–Crippen LogP) is 3.74. The molecule has 2 heterocycles. The molecule has 0 spiro atoms. The van der Waals surface area contributed by atoms with Crippen LogP contribution in [0, 0.1) is 0 Å². The average Bonchev–Trinajstić information content (AvgIpc) is 3.11. The maximum atomic E-state index is 5.32. The number of nitrogens with zero attached hydrogens (tertiary/aromatic N) is 1. The number of imidazole rings is 1. The van der Waals surface area contributed by atoms with Crippen LogP contribution in [-0.4, -0.2) is 17.1 Å². The summed E-state index contributed by atoms with van der Waals surface area (Å²) in [5, 5.41) is 2.09. The van der Waals surface area contributed by atoms with Gasteiger partial charge in [-0.2, -0.15) is 0 Å². The number of aromatic nitrogens is 2. The molecule has 96 valence electrons. The van der Waals surface area contributed by atoms with Gasteiger partial charge in [-0.05, 0) is 40.8 Å². The Hall–Kier alpha value is -2.07. The second-order valence-electron chi connectivity index (χ2n) is 4.21. The monoisotopic (exact) mass is 270 g/mol. The molecule has 1 aromatic carbocycles. The maximum Gasteiger partial charge on any atom is 0.119 e. The Labute approximate surface area is 115 Å². The lowest BCUT2D eigenvalue weighted by Crippen LogP contribution is -1.95. The van der Waals surface area contributed by atoms with Crippen molar-refractivity contribution in [2.24, 2.45) is 0 Å². The summed E-state index contributed by atoms with van der Waals surface area (Å²) in [6.45, 7) is 0. The Morgan fingerprint density at radius 3 is 2.95 bits per heavy atom. The quantitative estimate of drug-likeness (QED) is 0.784. The number of hydrogen-bond acceptors (Lipinski definition) is 3. The van der Waals surface area contributed by atoms with E-state index in [1.165, 1.54) is 16.0 Å². The van der Waals surface area contributed by atoms with Crippen LogP contribution in [0.15, 0.2) is 48.1 Å². The molecule has 0 aliphatic carbocycles. The van der Waals surface area contributed by atoms with Gasteiger partial charge in [0.05, 0.1) is 7.11 Å². The molecule has 0 fully saturated rings. The molecule has 19 heavy (non-hydrogen) atoms. The summed E-state index contributed by atoms with van der Waals surface area (Å²) in [5.41, 5.74) is 2.46. The minimum absolute atomic E-state index is 0.775. The highest BCUT2D eigenvalue weighted by molar-refractivity contribution is 7.13. The van der Waals surface area contributed by atoms with Crippen LogP contribution < -0.4 is 4.74 Å². The lowest BCUT2D eigenvalue weighted by molar-refractivity contribution is 0.414. The molecule has 0 radical (unpaired) electrons. The third-order valence-electron chi connectivity index (χ3n) is 3.01. The van der Waals surface area contributed by atoms with Gasteiger partial charge < -0.3 is 9.72 Å². The van der Waals surface area contributed by atoms with Gasteiger partial charge in [-0.1, -0.05) is 6.07 Å². The van der Waals surface area contributed by atoms with Gasteiger partial charge >= 0.3 is 0 Å². The highest BCUT2D eigenvalue weighted by atomic mass is 32.1. The van der Waals surface area contributed by atoms with E-state index in [9.17, 15) is 0 Å². The number of methoxy groups -OCH3 is 1. The minimum atomic E-state index is 0.775. The van der Waals surface area contributed by atoms with Crippen molar-refractivity contribution >= 4 is 11.3 Å². The van der Waals surface area contributed by atoms with Crippen LogP contribution in [0.4, 0.5) is 0 Å². The summed E-state index contributed by atoms with van der Waals surface area (Å²) in [4.78, 5) is 8.71. The van der Waals surface area contributed by atoms with Crippen molar-refractivity contribution in [1.29, 1.82) is 0 Å². The van der Waals surface area contributed by atoms with Gasteiger partial charge in [-0.25, -0.2) is 4.98 Å². The molecule has 0 atom stereocenters. The van der Waals surface area contributed by atoms with Crippen molar-refractivity contribution < 1.29 is 4.74 Å². The number of ether oxygens (including phenoxy) is 1. The highest BCUT2D eigenvalue weighted by Crippen LogP contribution is 2.31. The van der Waals surface area contributed by atoms with Crippen molar-refractivity contribution in [3.05, 3.63) is 59.5 Å². The molecule has 0 unspecified atom stereocenters. The summed E-state index contributed by atoms with van der Waals surface area (Å²) in [7, 11) is 1.69. The van der Waals surface area contributed by atoms with Gasteiger partial charge in [0.2, 0.25) is 0 Å². The first kappa shape index (κ1) is 12.0. The summed E-state index contributed by atoms with van der Waals surface area (Å²) in [5.74, 6) is 1.84. The van der Waals surface area contributed by atoms with E-state index in [0.29, 0.717) is 0 Å². The fraction of sp³-hybridized carbons (Fsp3) is 0.133. The van der Waals surface area contributed by atoms with Crippen LogP contribution in [0.25, 0.3) is 10.4 Å². The molecule has 4 heteroatoms. The summed E-state index contributed by atoms with van der Waals surface area (Å²) >= 11 is 1.74. The molecule has 0 saturated heterocycles. The number of rotatable bonds is 4. The van der Waals surface area contributed by atoms with E-state index in [0.717, 1.165) is 18.0 Å². The Morgan fingerprint density at radius 1 is 1.32 bits per heavy atom. The van der Waals surface area contributed by atoms with E-state index in [4.69, 9.17) is 4.74 Å². The molecule has 0 amide bonds. The van der Waals surface area contributed by atoms with E-state index in [-0.39, 0.29) is 0 Å². The first-order chi connectivity index (χ1) is 9.36. The van der Waals surface area contributed by atoms with Crippen LogP contribution in [0.1, 0.15) is 11.4 Å². The molecule has 0 aliphatic rings. The zero-order valence-corrected chi connectivity index (χ0v) is 11.4. The van der Waals surface area contributed by atoms with Crippen LogP contribution in [0.5, 0.6) is 5.75 Å². The average molecular weight is 270 g/mol. The number of hydrogen-bond donors (Lipinski definition) is 1. The third-order valence-corrected chi connectivity index (χ3v) is 3.91. The van der Waals surface area contributed by atoms with Crippen LogP contribution in [-0.2, 0) is 6.42 Å². The topological polar surface area (TPSA) is 37.9 Å².